The molecule has 0 aliphatic rings. The highest BCUT2D eigenvalue weighted by molar-refractivity contribution is 5.92. The molecular formula is C12H11N3O3. The topological polar surface area (TPSA) is 84.2 Å². The maximum atomic E-state index is 11.0. The lowest BCUT2D eigenvalue weighted by Gasteiger charge is -2.09. The van der Waals surface area contributed by atoms with E-state index in [0.29, 0.717) is 23.5 Å². The number of aromatic carboxylic acids is 1. The summed E-state index contributed by atoms with van der Waals surface area (Å²) in [5, 5.41) is 11.5. The second-order valence-electron chi connectivity index (χ2n) is 3.69. The molecule has 2 rings (SSSR count). The lowest BCUT2D eigenvalue weighted by atomic mass is 10.1. The Morgan fingerprint density at radius 1 is 1.50 bits per heavy atom. The molecule has 1 aromatic heterocycles. The van der Waals surface area contributed by atoms with Crippen molar-refractivity contribution < 1.29 is 14.7 Å². The summed E-state index contributed by atoms with van der Waals surface area (Å²) in [5.41, 5.74) is 1.23. The van der Waals surface area contributed by atoms with Gasteiger partial charge in [0.25, 0.3) is 0 Å². The fourth-order valence-electron chi connectivity index (χ4n) is 1.68. The van der Waals surface area contributed by atoms with E-state index in [1.54, 1.807) is 30.1 Å². The fraction of sp³-hybridized carbons (Fsp3) is 0.0833. The van der Waals surface area contributed by atoms with Crippen molar-refractivity contribution in [2.24, 2.45) is 7.05 Å². The molecule has 1 heterocycles. The van der Waals surface area contributed by atoms with Gasteiger partial charge in [-0.15, -0.1) is 0 Å². The smallest absolute Gasteiger partial charge is 0.335 e. The zero-order valence-electron chi connectivity index (χ0n) is 9.62. The van der Waals surface area contributed by atoms with Crippen LogP contribution < -0.4 is 5.32 Å². The minimum atomic E-state index is -1.02. The standard InChI is InChI=1S/C12H11N3O3/c1-15-5-4-13-11(15)9-6-8(12(17)18)2-3-10(9)14-7-16/h2-7H,1H3,(H,14,16)(H,17,18). The van der Waals surface area contributed by atoms with Crippen LogP contribution in [0.3, 0.4) is 0 Å². The van der Waals surface area contributed by atoms with E-state index in [1.165, 1.54) is 12.1 Å². The van der Waals surface area contributed by atoms with Crippen molar-refractivity contribution in [1.82, 2.24) is 9.55 Å². The van der Waals surface area contributed by atoms with Gasteiger partial charge >= 0.3 is 5.97 Å². The van der Waals surface area contributed by atoms with Gasteiger partial charge in [-0.3, -0.25) is 4.79 Å². The van der Waals surface area contributed by atoms with Gasteiger partial charge in [0.1, 0.15) is 5.82 Å². The number of aryl methyl sites for hydroxylation is 1. The summed E-state index contributed by atoms with van der Waals surface area (Å²) in [6.07, 6.45) is 3.89. The molecule has 6 heteroatoms. The number of aromatic nitrogens is 2. The molecule has 0 aliphatic carbocycles. The van der Waals surface area contributed by atoms with Crippen LogP contribution in [0.4, 0.5) is 5.69 Å². The first kappa shape index (κ1) is 11.8. The first-order valence-electron chi connectivity index (χ1n) is 5.18. The molecular weight excluding hydrogens is 234 g/mol. The molecule has 18 heavy (non-hydrogen) atoms. The number of rotatable bonds is 4. The number of amides is 1. The van der Waals surface area contributed by atoms with Crippen LogP contribution in [0.15, 0.2) is 30.6 Å². The van der Waals surface area contributed by atoms with Crippen molar-refractivity contribution in [2.75, 3.05) is 5.32 Å². The Kier molecular flexibility index (Phi) is 3.09. The second kappa shape index (κ2) is 4.70. The zero-order valence-corrected chi connectivity index (χ0v) is 9.62. The van der Waals surface area contributed by atoms with Crippen LogP contribution in [0.25, 0.3) is 11.4 Å². The Morgan fingerprint density at radius 3 is 2.83 bits per heavy atom. The van der Waals surface area contributed by atoms with Crippen molar-refractivity contribution in [3.05, 3.63) is 36.2 Å². The Balaban J connectivity index is 2.61. The number of nitrogens with zero attached hydrogens (tertiary/aromatic N) is 2. The van der Waals surface area contributed by atoms with E-state index in [9.17, 15) is 9.59 Å². The predicted molar refractivity (Wildman–Crippen MR) is 65.3 cm³/mol. The summed E-state index contributed by atoms with van der Waals surface area (Å²) in [4.78, 5) is 25.6. The van der Waals surface area contributed by atoms with Crippen LogP contribution in [0.5, 0.6) is 0 Å². The highest BCUT2D eigenvalue weighted by Crippen LogP contribution is 2.27. The molecule has 0 fully saturated rings. The summed E-state index contributed by atoms with van der Waals surface area (Å²) < 4.78 is 1.75. The number of carbonyl (C=O) groups excluding carboxylic acids is 1. The molecule has 0 bridgehead atoms. The van der Waals surface area contributed by atoms with Crippen LogP contribution in [0, 0.1) is 0 Å². The van der Waals surface area contributed by atoms with Gasteiger partial charge < -0.3 is 15.0 Å². The van der Waals surface area contributed by atoms with Gasteiger partial charge in [-0.05, 0) is 18.2 Å². The Hall–Kier alpha value is -2.63. The van der Waals surface area contributed by atoms with Crippen molar-refractivity contribution in [3.8, 4) is 11.4 Å². The second-order valence-corrected chi connectivity index (χ2v) is 3.69. The summed E-state index contributed by atoms with van der Waals surface area (Å²) in [6.45, 7) is 0. The molecule has 0 unspecified atom stereocenters. The molecule has 92 valence electrons. The van der Waals surface area contributed by atoms with Gasteiger partial charge in [-0.25, -0.2) is 9.78 Å². The average molecular weight is 245 g/mol. The van der Waals surface area contributed by atoms with E-state index in [-0.39, 0.29) is 5.56 Å². The van der Waals surface area contributed by atoms with E-state index in [2.05, 4.69) is 10.3 Å². The van der Waals surface area contributed by atoms with Gasteiger partial charge in [0.05, 0.1) is 11.3 Å². The van der Waals surface area contributed by atoms with E-state index in [4.69, 9.17) is 5.11 Å². The lowest BCUT2D eigenvalue weighted by molar-refractivity contribution is -0.105. The number of benzene rings is 1. The Bertz CT molecular complexity index is 604. The quantitative estimate of drug-likeness (QED) is 0.796. The van der Waals surface area contributed by atoms with E-state index < -0.39 is 5.97 Å². The molecule has 0 saturated heterocycles. The first-order valence-corrected chi connectivity index (χ1v) is 5.18. The summed E-state index contributed by atoms with van der Waals surface area (Å²) in [7, 11) is 1.79. The molecule has 0 saturated carbocycles. The highest BCUT2D eigenvalue weighted by atomic mass is 16.4. The third-order valence-electron chi connectivity index (χ3n) is 2.54. The number of carbonyl (C=O) groups is 2. The monoisotopic (exact) mass is 245 g/mol. The minimum absolute atomic E-state index is 0.143. The molecule has 0 spiro atoms. The number of hydrogen-bond donors (Lipinski definition) is 2. The lowest BCUT2D eigenvalue weighted by Crippen LogP contribution is -2.03. The van der Waals surface area contributed by atoms with Gasteiger partial charge in [-0.2, -0.15) is 0 Å². The number of hydrogen-bond acceptors (Lipinski definition) is 3. The molecule has 0 radical (unpaired) electrons. The van der Waals surface area contributed by atoms with Crippen LogP contribution in [0.2, 0.25) is 0 Å². The third-order valence-corrected chi connectivity index (χ3v) is 2.54. The normalized spacial score (nSPS) is 10.1. The fourth-order valence-corrected chi connectivity index (χ4v) is 1.68. The average Bonchev–Trinajstić information content (AvgIpc) is 2.76. The van der Waals surface area contributed by atoms with Crippen LogP contribution in [-0.4, -0.2) is 27.0 Å². The van der Waals surface area contributed by atoms with Crippen LogP contribution in [0.1, 0.15) is 10.4 Å². The predicted octanol–water partition coefficient (Wildman–Crippen LogP) is 1.35. The van der Waals surface area contributed by atoms with Gasteiger partial charge in [-0.1, -0.05) is 0 Å². The number of anilines is 1. The Labute approximate surface area is 103 Å². The summed E-state index contributed by atoms with van der Waals surface area (Å²) in [5.74, 6) is -0.439. The van der Waals surface area contributed by atoms with Gasteiger partial charge in [0, 0.05) is 25.0 Å². The number of carboxylic acid groups (broad SMARTS) is 1. The largest absolute Gasteiger partial charge is 0.478 e. The van der Waals surface area contributed by atoms with Crippen molar-refractivity contribution in [3.63, 3.8) is 0 Å². The van der Waals surface area contributed by atoms with E-state index in [0.717, 1.165) is 0 Å². The van der Waals surface area contributed by atoms with Crippen LogP contribution >= 0.6 is 0 Å². The third kappa shape index (κ3) is 2.08. The maximum Gasteiger partial charge on any atom is 0.335 e. The van der Waals surface area contributed by atoms with Gasteiger partial charge in [0.15, 0.2) is 0 Å². The SMILES string of the molecule is Cn1ccnc1-c1cc(C(=O)O)ccc1NC=O. The first-order chi connectivity index (χ1) is 8.63. The zero-order chi connectivity index (χ0) is 13.1. The number of imidazole rings is 1. The summed E-state index contributed by atoms with van der Waals surface area (Å²) >= 11 is 0. The molecule has 0 aliphatic heterocycles. The van der Waals surface area contributed by atoms with E-state index in [1.807, 2.05) is 0 Å². The van der Waals surface area contributed by atoms with Crippen molar-refractivity contribution in [2.45, 2.75) is 0 Å². The molecule has 1 amide bonds. The molecule has 6 nitrogen and oxygen atoms in total. The maximum absolute atomic E-state index is 11.0. The summed E-state index contributed by atoms with van der Waals surface area (Å²) in [6, 6.07) is 4.46. The van der Waals surface area contributed by atoms with E-state index >= 15 is 0 Å². The van der Waals surface area contributed by atoms with Crippen molar-refractivity contribution in [1.29, 1.82) is 0 Å². The minimum Gasteiger partial charge on any atom is -0.478 e. The van der Waals surface area contributed by atoms with Crippen molar-refractivity contribution >= 4 is 18.1 Å². The number of nitrogens with one attached hydrogen (secondary N) is 1. The number of carboxylic acids is 1. The molecule has 2 aromatic rings. The Morgan fingerprint density at radius 2 is 2.28 bits per heavy atom. The molecule has 0 atom stereocenters. The highest BCUT2D eigenvalue weighted by Gasteiger charge is 2.13. The molecule has 2 N–H and O–H groups in total. The van der Waals surface area contributed by atoms with Gasteiger partial charge in [0.2, 0.25) is 6.41 Å². The molecule has 1 aromatic carbocycles. The van der Waals surface area contributed by atoms with Crippen LogP contribution in [-0.2, 0) is 11.8 Å².